The maximum Gasteiger partial charge on any atom is 0.416 e. The Morgan fingerprint density at radius 3 is 2.28 bits per heavy atom. The van der Waals surface area contributed by atoms with Crippen LogP contribution in [0.1, 0.15) is 31.4 Å². The molecule has 11 heteroatoms. The Morgan fingerprint density at radius 1 is 0.969 bits per heavy atom. The summed E-state index contributed by atoms with van der Waals surface area (Å²) in [4.78, 5) is 28.2. The molecule has 168 valence electrons. The summed E-state index contributed by atoms with van der Waals surface area (Å²) in [5.74, 6) is -1.45. The molecule has 2 amide bonds. The van der Waals surface area contributed by atoms with Crippen LogP contribution in [-0.2, 0) is 12.8 Å². The van der Waals surface area contributed by atoms with E-state index in [1.807, 2.05) is 0 Å². The van der Waals surface area contributed by atoms with Crippen molar-refractivity contribution in [1.29, 1.82) is 0 Å². The summed E-state index contributed by atoms with van der Waals surface area (Å²) in [6, 6.07) is 9.74. The standard InChI is InChI=1S/C21H17F4N3O3S/c22-15-3-1-2-4-17(15)31-11-18-28-16(12-32-18)20(30)27-10-9-26-19(29)13-5-7-14(8-6-13)21(23,24)25/h1-8,12H,9-11H2,(H,26,29)(H,27,30). The summed E-state index contributed by atoms with van der Waals surface area (Å²) >= 11 is 1.18. The number of ether oxygens (including phenoxy) is 1. The molecule has 6 nitrogen and oxygen atoms in total. The number of aromatic nitrogens is 1. The highest BCUT2D eigenvalue weighted by Gasteiger charge is 2.30. The molecule has 0 spiro atoms. The average Bonchev–Trinajstić information content (AvgIpc) is 3.24. The summed E-state index contributed by atoms with van der Waals surface area (Å²) in [5.41, 5.74) is -0.622. The number of halogens is 4. The molecule has 0 radical (unpaired) electrons. The number of amides is 2. The number of hydrogen-bond acceptors (Lipinski definition) is 5. The fourth-order valence-corrected chi connectivity index (χ4v) is 3.22. The van der Waals surface area contributed by atoms with E-state index in [0.717, 1.165) is 24.3 Å². The first-order valence-electron chi connectivity index (χ1n) is 9.29. The first kappa shape index (κ1) is 23.2. The molecule has 0 saturated heterocycles. The van der Waals surface area contributed by atoms with Crippen LogP contribution in [0.3, 0.4) is 0 Å². The van der Waals surface area contributed by atoms with Crippen molar-refractivity contribution in [2.45, 2.75) is 12.8 Å². The molecule has 1 heterocycles. The highest BCUT2D eigenvalue weighted by Crippen LogP contribution is 2.29. The number of alkyl halides is 3. The van der Waals surface area contributed by atoms with Gasteiger partial charge in [0.25, 0.3) is 11.8 Å². The predicted molar refractivity (Wildman–Crippen MR) is 109 cm³/mol. The van der Waals surface area contributed by atoms with Gasteiger partial charge in [0.15, 0.2) is 11.6 Å². The van der Waals surface area contributed by atoms with Crippen molar-refractivity contribution in [3.8, 4) is 5.75 Å². The molecule has 0 aliphatic carbocycles. The molecule has 0 aliphatic rings. The maximum atomic E-state index is 13.5. The second-order valence-corrected chi connectivity index (χ2v) is 7.38. The number of thiazole rings is 1. The average molecular weight is 467 g/mol. The Bertz CT molecular complexity index is 1080. The highest BCUT2D eigenvalue weighted by molar-refractivity contribution is 7.09. The van der Waals surface area contributed by atoms with Crippen LogP contribution in [0.4, 0.5) is 17.6 Å². The number of benzene rings is 2. The maximum absolute atomic E-state index is 13.5. The van der Waals surface area contributed by atoms with Crippen LogP contribution in [-0.4, -0.2) is 29.9 Å². The summed E-state index contributed by atoms with van der Waals surface area (Å²) in [6.45, 7) is 0.158. The molecule has 2 N–H and O–H groups in total. The molecular formula is C21H17F4N3O3S. The normalized spacial score (nSPS) is 11.1. The number of carbonyl (C=O) groups excluding carboxylic acids is 2. The summed E-state index contributed by atoms with van der Waals surface area (Å²) in [5, 5.41) is 7.08. The molecule has 32 heavy (non-hydrogen) atoms. The molecule has 0 aliphatic heterocycles. The van der Waals surface area contributed by atoms with Crippen LogP contribution in [0.5, 0.6) is 5.75 Å². The van der Waals surface area contributed by atoms with Crippen molar-refractivity contribution in [3.63, 3.8) is 0 Å². The van der Waals surface area contributed by atoms with Crippen molar-refractivity contribution in [3.05, 3.63) is 81.6 Å². The van der Waals surface area contributed by atoms with E-state index in [4.69, 9.17) is 4.74 Å². The second kappa shape index (κ2) is 10.2. The van der Waals surface area contributed by atoms with Crippen molar-refractivity contribution in [2.24, 2.45) is 0 Å². The van der Waals surface area contributed by atoms with Crippen LogP contribution >= 0.6 is 11.3 Å². The molecule has 0 saturated carbocycles. The molecule has 3 aromatic rings. The zero-order chi connectivity index (χ0) is 23.1. The van der Waals surface area contributed by atoms with Crippen LogP contribution < -0.4 is 15.4 Å². The molecule has 0 fully saturated rings. The van der Waals surface area contributed by atoms with E-state index in [0.29, 0.717) is 5.01 Å². The fourth-order valence-electron chi connectivity index (χ4n) is 2.54. The number of hydrogen-bond donors (Lipinski definition) is 2. The van der Waals surface area contributed by atoms with Gasteiger partial charge in [0.1, 0.15) is 17.3 Å². The van der Waals surface area contributed by atoms with E-state index in [9.17, 15) is 27.2 Å². The lowest BCUT2D eigenvalue weighted by molar-refractivity contribution is -0.137. The number of para-hydroxylation sites is 1. The van der Waals surface area contributed by atoms with Gasteiger partial charge in [-0.2, -0.15) is 13.2 Å². The number of rotatable bonds is 8. The third-order valence-electron chi connectivity index (χ3n) is 4.14. The van der Waals surface area contributed by atoms with E-state index >= 15 is 0 Å². The van der Waals surface area contributed by atoms with E-state index in [-0.39, 0.29) is 36.7 Å². The van der Waals surface area contributed by atoms with Crippen LogP contribution in [0.2, 0.25) is 0 Å². The van der Waals surface area contributed by atoms with Crippen molar-refractivity contribution in [2.75, 3.05) is 13.1 Å². The second-order valence-electron chi connectivity index (χ2n) is 6.43. The van der Waals surface area contributed by atoms with Gasteiger partial charge >= 0.3 is 6.18 Å². The van der Waals surface area contributed by atoms with Crippen LogP contribution in [0.25, 0.3) is 0 Å². The Labute approximate surface area is 184 Å². The molecule has 0 bridgehead atoms. The van der Waals surface area contributed by atoms with E-state index < -0.39 is 29.4 Å². The Balaban J connectivity index is 1.41. The van der Waals surface area contributed by atoms with Gasteiger partial charge in [-0.05, 0) is 36.4 Å². The van der Waals surface area contributed by atoms with Crippen molar-refractivity contribution in [1.82, 2.24) is 15.6 Å². The van der Waals surface area contributed by atoms with E-state index in [1.54, 1.807) is 12.1 Å². The first-order valence-corrected chi connectivity index (χ1v) is 10.2. The van der Waals surface area contributed by atoms with E-state index in [1.165, 1.54) is 28.8 Å². The van der Waals surface area contributed by atoms with E-state index in [2.05, 4.69) is 15.6 Å². The van der Waals surface area contributed by atoms with Gasteiger partial charge in [-0.3, -0.25) is 9.59 Å². The molecular weight excluding hydrogens is 450 g/mol. The fraction of sp³-hybridized carbons (Fsp3) is 0.190. The summed E-state index contributed by atoms with van der Waals surface area (Å²) in [6.07, 6.45) is -4.47. The monoisotopic (exact) mass is 467 g/mol. The van der Waals surface area contributed by atoms with Gasteiger partial charge in [0.05, 0.1) is 5.56 Å². The third kappa shape index (κ3) is 6.27. The molecule has 1 aromatic heterocycles. The minimum Gasteiger partial charge on any atom is -0.483 e. The van der Waals surface area contributed by atoms with Crippen molar-refractivity contribution < 1.29 is 31.9 Å². The molecule has 0 atom stereocenters. The molecule has 2 aromatic carbocycles. The highest BCUT2D eigenvalue weighted by atomic mass is 32.1. The smallest absolute Gasteiger partial charge is 0.416 e. The summed E-state index contributed by atoms with van der Waals surface area (Å²) in [7, 11) is 0. The van der Waals surface area contributed by atoms with Crippen molar-refractivity contribution >= 4 is 23.2 Å². The Hall–Kier alpha value is -3.47. The van der Waals surface area contributed by atoms with Gasteiger partial charge in [-0.15, -0.1) is 11.3 Å². The third-order valence-corrected chi connectivity index (χ3v) is 4.97. The number of nitrogens with zero attached hydrogens (tertiary/aromatic N) is 1. The molecule has 3 rings (SSSR count). The minimum atomic E-state index is -4.47. The zero-order valence-corrected chi connectivity index (χ0v) is 17.2. The van der Waals surface area contributed by atoms with Gasteiger partial charge in [0, 0.05) is 24.0 Å². The molecule has 0 unspecified atom stereocenters. The zero-order valence-electron chi connectivity index (χ0n) is 16.4. The van der Waals surface area contributed by atoms with Crippen LogP contribution in [0, 0.1) is 5.82 Å². The van der Waals surface area contributed by atoms with Gasteiger partial charge < -0.3 is 15.4 Å². The lowest BCUT2D eigenvalue weighted by atomic mass is 10.1. The minimum absolute atomic E-state index is 0.00205. The lowest BCUT2D eigenvalue weighted by Crippen LogP contribution is -2.34. The van der Waals surface area contributed by atoms with Gasteiger partial charge in [-0.1, -0.05) is 12.1 Å². The van der Waals surface area contributed by atoms with Gasteiger partial charge in [-0.25, -0.2) is 9.37 Å². The first-order chi connectivity index (χ1) is 15.2. The topological polar surface area (TPSA) is 80.3 Å². The summed E-state index contributed by atoms with van der Waals surface area (Å²) < 4.78 is 56.6. The largest absolute Gasteiger partial charge is 0.483 e. The number of nitrogens with one attached hydrogen (secondary N) is 2. The van der Waals surface area contributed by atoms with Crippen LogP contribution in [0.15, 0.2) is 53.9 Å². The quantitative estimate of drug-likeness (QED) is 0.387. The predicted octanol–water partition coefficient (Wildman–Crippen LogP) is 4.04. The Kier molecular flexibility index (Phi) is 7.41. The Morgan fingerprint density at radius 2 is 1.62 bits per heavy atom. The lowest BCUT2D eigenvalue weighted by Gasteiger charge is -2.08. The SMILES string of the molecule is O=C(NCCNC(=O)c1csc(COc2ccccc2F)n1)c1ccc(C(F)(F)F)cc1. The number of carbonyl (C=O) groups is 2. The van der Waals surface area contributed by atoms with Gasteiger partial charge in [0.2, 0.25) is 0 Å².